The van der Waals surface area contributed by atoms with Gasteiger partial charge in [-0.05, 0) is 120 Å². The first-order chi connectivity index (χ1) is 27.2. The number of benzene rings is 9. The Kier molecular flexibility index (Phi) is 6.99. The monoisotopic (exact) mass is 707 g/mol. The van der Waals surface area contributed by atoms with Crippen LogP contribution in [0.5, 0.6) is 0 Å². The Morgan fingerprint density at radius 3 is 1.38 bits per heavy atom. The minimum atomic E-state index is -0.298. The molecule has 1 aromatic heterocycles. The minimum Gasteiger partial charge on any atom is -0.308 e. The molecule has 0 atom stereocenters. The third kappa shape index (κ3) is 4.70. The van der Waals surface area contributed by atoms with Gasteiger partial charge in [-0.1, -0.05) is 140 Å². The summed E-state index contributed by atoms with van der Waals surface area (Å²) in [6.07, 6.45) is 0. The van der Waals surface area contributed by atoms with E-state index < -0.39 is 0 Å². The van der Waals surface area contributed by atoms with Crippen molar-refractivity contribution in [1.29, 1.82) is 0 Å². The summed E-state index contributed by atoms with van der Waals surface area (Å²) in [5, 5.41) is 5.78. The molecule has 1 aliphatic rings. The first-order valence-corrected chi connectivity index (χ1v) is 18.6. The zero-order valence-electron chi connectivity index (χ0n) is 29.6. The van der Waals surface area contributed by atoms with Gasteiger partial charge in [-0.2, -0.15) is 0 Å². The molecule has 55 heavy (non-hydrogen) atoms. The van der Waals surface area contributed by atoms with Crippen molar-refractivity contribution >= 4 is 32.4 Å². The molecular formula is C52H31F2N. The summed E-state index contributed by atoms with van der Waals surface area (Å²) < 4.78 is 31.2. The Morgan fingerprint density at radius 1 is 0.309 bits per heavy atom. The zero-order chi connectivity index (χ0) is 36.6. The molecule has 0 saturated carbocycles. The summed E-state index contributed by atoms with van der Waals surface area (Å²) >= 11 is 0. The lowest BCUT2D eigenvalue weighted by molar-refractivity contribution is 0.627. The highest BCUT2D eigenvalue weighted by Gasteiger charge is 2.32. The number of aromatic nitrogens is 1. The van der Waals surface area contributed by atoms with Gasteiger partial charge in [0.15, 0.2) is 0 Å². The molecule has 0 bridgehead atoms. The lowest BCUT2D eigenvalue weighted by Gasteiger charge is -2.20. The first kappa shape index (κ1) is 31.4. The number of hydrogen-bond donors (Lipinski definition) is 0. The van der Waals surface area contributed by atoms with Gasteiger partial charge in [0.2, 0.25) is 0 Å². The van der Waals surface area contributed by atoms with Gasteiger partial charge in [-0.25, -0.2) is 8.78 Å². The third-order valence-electron chi connectivity index (χ3n) is 11.3. The summed E-state index contributed by atoms with van der Waals surface area (Å²) in [5.41, 5.74) is 15.4. The summed E-state index contributed by atoms with van der Waals surface area (Å²) in [7, 11) is 0. The lowest BCUT2D eigenvalue weighted by Crippen LogP contribution is -1.99. The molecule has 0 radical (unpaired) electrons. The molecule has 258 valence electrons. The van der Waals surface area contributed by atoms with Crippen molar-refractivity contribution in [2.24, 2.45) is 0 Å². The van der Waals surface area contributed by atoms with E-state index in [2.05, 4.69) is 138 Å². The van der Waals surface area contributed by atoms with Crippen molar-refractivity contribution in [3.8, 4) is 72.6 Å². The smallest absolute Gasteiger partial charge is 0.123 e. The van der Waals surface area contributed by atoms with Crippen molar-refractivity contribution in [1.82, 2.24) is 4.57 Å². The van der Waals surface area contributed by atoms with Gasteiger partial charge in [-0.3, -0.25) is 0 Å². The fraction of sp³-hybridized carbons (Fsp3) is 0. The highest BCUT2D eigenvalue weighted by Crippen LogP contribution is 2.58. The second-order valence-corrected chi connectivity index (χ2v) is 14.2. The minimum absolute atomic E-state index is 0.291. The first-order valence-electron chi connectivity index (χ1n) is 18.6. The topological polar surface area (TPSA) is 4.93 Å². The molecule has 0 fully saturated rings. The molecule has 1 heterocycles. The Hall–Kier alpha value is -7.10. The Labute approximate surface area is 317 Å². The van der Waals surface area contributed by atoms with Crippen molar-refractivity contribution in [2.75, 3.05) is 0 Å². The van der Waals surface area contributed by atoms with Gasteiger partial charge in [0, 0.05) is 16.3 Å². The number of fused-ring (bicyclic) bond motifs is 5. The maximum atomic E-state index is 14.5. The number of halogens is 2. The molecule has 9 aromatic carbocycles. The summed E-state index contributed by atoms with van der Waals surface area (Å²) in [5.74, 6) is -0.589. The molecule has 0 amide bonds. The van der Waals surface area contributed by atoms with Crippen molar-refractivity contribution in [3.05, 3.63) is 200 Å². The van der Waals surface area contributed by atoms with Crippen molar-refractivity contribution in [2.45, 2.75) is 0 Å². The van der Waals surface area contributed by atoms with E-state index in [9.17, 15) is 8.78 Å². The predicted octanol–water partition coefficient (Wildman–Crippen LogP) is 14.5. The van der Waals surface area contributed by atoms with Gasteiger partial charge in [0.25, 0.3) is 0 Å². The molecule has 0 saturated heterocycles. The lowest BCUT2D eigenvalue weighted by atomic mass is 9.82. The number of nitrogens with zero attached hydrogens (tertiary/aromatic N) is 1. The second-order valence-electron chi connectivity index (χ2n) is 14.2. The third-order valence-corrected chi connectivity index (χ3v) is 11.3. The molecule has 0 unspecified atom stereocenters. The van der Waals surface area contributed by atoms with E-state index in [4.69, 9.17) is 0 Å². The normalized spacial score (nSPS) is 11.8. The van der Waals surface area contributed by atoms with Gasteiger partial charge in [-0.15, -0.1) is 0 Å². The number of rotatable bonds is 5. The Morgan fingerprint density at radius 2 is 0.782 bits per heavy atom. The van der Waals surface area contributed by atoms with Crippen LogP contribution in [0, 0.1) is 11.6 Å². The van der Waals surface area contributed by atoms with Crippen molar-refractivity contribution in [3.63, 3.8) is 0 Å². The van der Waals surface area contributed by atoms with Crippen LogP contribution in [0.15, 0.2) is 188 Å². The molecule has 0 spiro atoms. The standard InChI is InChI=1S/C52H31F2N/c53-36-26-22-34(23-27-36)48-40-18-9-10-21-44(40)55(52(48)35-24-28-37(54)29-25-35)45-31-30-43-49-41(45)19-11-20-42(49)50-46(32-12-3-1-4-13-32)38-16-7-8-17-39(38)47(51(43)50)33-14-5-2-6-15-33/h1-31H. The van der Waals surface area contributed by atoms with Gasteiger partial charge >= 0.3 is 0 Å². The maximum absolute atomic E-state index is 14.5. The quantitative estimate of drug-likeness (QED) is 0.168. The molecular weight excluding hydrogens is 677 g/mol. The maximum Gasteiger partial charge on any atom is 0.123 e. The van der Waals surface area contributed by atoms with Gasteiger partial charge < -0.3 is 4.57 Å². The second kappa shape index (κ2) is 12.2. The van der Waals surface area contributed by atoms with E-state index in [0.717, 1.165) is 44.4 Å². The van der Waals surface area contributed by atoms with Crippen LogP contribution in [0.25, 0.3) is 105 Å². The van der Waals surface area contributed by atoms with E-state index in [0.29, 0.717) is 0 Å². The highest BCUT2D eigenvalue weighted by molar-refractivity contribution is 6.28. The molecule has 0 N–H and O–H groups in total. The summed E-state index contributed by atoms with van der Waals surface area (Å²) in [6, 6.07) is 63.3. The number of hydrogen-bond acceptors (Lipinski definition) is 0. The Balaban J connectivity index is 1.29. The van der Waals surface area contributed by atoms with Crippen LogP contribution >= 0.6 is 0 Å². The number of para-hydroxylation sites is 1. The van der Waals surface area contributed by atoms with Crippen molar-refractivity contribution < 1.29 is 8.78 Å². The van der Waals surface area contributed by atoms with E-state index in [1.54, 1.807) is 0 Å². The van der Waals surface area contributed by atoms with E-state index in [1.165, 1.54) is 84.9 Å². The van der Waals surface area contributed by atoms with Gasteiger partial charge in [0.1, 0.15) is 11.6 Å². The van der Waals surface area contributed by atoms with Crippen LogP contribution in [0.1, 0.15) is 0 Å². The van der Waals surface area contributed by atoms with Crippen LogP contribution in [0.3, 0.4) is 0 Å². The molecule has 3 heteroatoms. The molecule has 1 nitrogen and oxygen atoms in total. The fourth-order valence-electron chi connectivity index (χ4n) is 9.07. The van der Waals surface area contributed by atoms with Crippen LogP contribution in [-0.2, 0) is 0 Å². The molecule has 0 aliphatic heterocycles. The Bertz CT molecular complexity index is 3030. The molecule has 10 aromatic rings. The predicted molar refractivity (Wildman–Crippen MR) is 224 cm³/mol. The van der Waals surface area contributed by atoms with Gasteiger partial charge in [0.05, 0.1) is 16.9 Å². The fourth-order valence-corrected chi connectivity index (χ4v) is 9.07. The summed E-state index contributed by atoms with van der Waals surface area (Å²) in [4.78, 5) is 0. The van der Waals surface area contributed by atoms with Crippen LogP contribution in [0.2, 0.25) is 0 Å². The average Bonchev–Trinajstić information content (AvgIpc) is 3.75. The van der Waals surface area contributed by atoms with Crippen LogP contribution < -0.4 is 0 Å². The van der Waals surface area contributed by atoms with E-state index in [-0.39, 0.29) is 11.6 Å². The zero-order valence-corrected chi connectivity index (χ0v) is 29.6. The molecule has 11 rings (SSSR count). The van der Waals surface area contributed by atoms with E-state index >= 15 is 0 Å². The van der Waals surface area contributed by atoms with Crippen LogP contribution in [-0.4, -0.2) is 4.57 Å². The summed E-state index contributed by atoms with van der Waals surface area (Å²) in [6.45, 7) is 0. The largest absolute Gasteiger partial charge is 0.308 e. The SMILES string of the molecule is Fc1ccc(-c2c(-c3ccc(F)cc3)n(-c3ccc4c5c(cccc35)-c3c-4c(-c4ccccc4)c4ccccc4c3-c3ccccc3)c3ccccc23)cc1. The highest BCUT2D eigenvalue weighted by atomic mass is 19.1. The van der Waals surface area contributed by atoms with Crippen LogP contribution in [0.4, 0.5) is 8.78 Å². The van der Waals surface area contributed by atoms with E-state index in [1.807, 2.05) is 30.3 Å². The molecule has 1 aliphatic carbocycles. The average molecular weight is 708 g/mol.